The van der Waals surface area contributed by atoms with Crippen molar-refractivity contribution in [2.24, 2.45) is 5.92 Å². The molecular formula is C40H40N8O6S. The zero-order chi connectivity index (χ0) is 37.8. The molecule has 3 fully saturated rings. The summed E-state index contributed by atoms with van der Waals surface area (Å²) < 4.78 is 11.6. The van der Waals surface area contributed by atoms with Crippen molar-refractivity contribution in [3.8, 4) is 22.4 Å². The van der Waals surface area contributed by atoms with Crippen molar-refractivity contribution < 1.29 is 28.7 Å². The van der Waals surface area contributed by atoms with Crippen LogP contribution in [-0.4, -0.2) is 93.6 Å². The third-order valence-electron chi connectivity index (χ3n) is 11.4. The highest BCUT2D eigenvalue weighted by atomic mass is 32.1. The summed E-state index contributed by atoms with van der Waals surface area (Å²) in [7, 11) is 2.56. The van der Waals surface area contributed by atoms with Crippen molar-refractivity contribution in [3.05, 3.63) is 72.4 Å². The SMILES string of the molecule is COC(=O)NCC(=O)N1CCCC1c1ncc(-c2ccc3c(c2)sc2cc(-c4ccc5nc([C@@H]6[C@H]7CC[C@H](C7)N6C(=O)CNC(=O)OC)[nH]c5c4)ccc23)[nH]1. The van der Waals surface area contributed by atoms with Gasteiger partial charge in [0, 0.05) is 38.3 Å². The molecule has 55 heavy (non-hydrogen) atoms. The van der Waals surface area contributed by atoms with E-state index in [0.29, 0.717) is 12.5 Å². The number of carbonyl (C=O) groups is 4. The number of hydrogen-bond acceptors (Lipinski definition) is 9. The van der Waals surface area contributed by atoms with Gasteiger partial charge >= 0.3 is 12.2 Å². The number of alkyl carbamates (subject to hydrolysis) is 2. The molecule has 5 heterocycles. The van der Waals surface area contributed by atoms with E-state index in [2.05, 4.69) is 83.6 Å². The molecule has 1 aliphatic carbocycles. The van der Waals surface area contributed by atoms with Crippen LogP contribution in [0.3, 0.4) is 0 Å². The van der Waals surface area contributed by atoms with E-state index in [-0.39, 0.29) is 43.0 Å². The number of H-pyrrole nitrogens is 2. The summed E-state index contributed by atoms with van der Waals surface area (Å²) in [6, 6.07) is 19.1. The van der Waals surface area contributed by atoms with Crippen LogP contribution in [0.5, 0.6) is 0 Å². The lowest BCUT2D eigenvalue weighted by Gasteiger charge is -2.34. The van der Waals surface area contributed by atoms with Crippen molar-refractivity contribution in [2.75, 3.05) is 33.9 Å². The van der Waals surface area contributed by atoms with Crippen molar-refractivity contribution in [1.29, 1.82) is 0 Å². The average molecular weight is 761 g/mol. The van der Waals surface area contributed by atoms with E-state index in [1.165, 1.54) is 29.7 Å². The molecule has 9 rings (SSSR count). The first-order valence-corrected chi connectivity index (χ1v) is 19.4. The zero-order valence-corrected chi connectivity index (χ0v) is 31.2. The number of aromatic nitrogens is 4. The Bertz CT molecular complexity index is 2490. The van der Waals surface area contributed by atoms with Crippen LogP contribution in [0.2, 0.25) is 0 Å². The number of nitrogens with zero attached hydrogens (tertiary/aromatic N) is 4. The Morgan fingerprint density at radius 3 is 2.27 bits per heavy atom. The van der Waals surface area contributed by atoms with Crippen molar-refractivity contribution >= 4 is 66.5 Å². The van der Waals surface area contributed by atoms with Gasteiger partial charge < -0.3 is 39.9 Å². The minimum atomic E-state index is -0.634. The first-order valence-electron chi connectivity index (χ1n) is 18.5. The van der Waals surface area contributed by atoms with Gasteiger partial charge in [-0.15, -0.1) is 11.3 Å². The van der Waals surface area contributed by atoms with E-state index >= 15 is 0 Å². The van der Waals surface area contributed by atoms with Crippen LogP contribution in [0.4, 0.5) is 9.59 Å². The highest BCUT2D eigenvalue weighted by molar-refractivity contribution is 7.25. The Morgan fingerprint density at radius 1 is 0.818 bits per heavy atom. The summed E-state index contributed by atoms with van der Waals surface area (Å²) in [6.45, 7) is 0.379. The maximum atomic E-state index is 13.3. The van der Waals surface area contributed by atoms with Crippen molar-refractivity contribution in [1.82, 2.24) is 40.4 Å². The van der Waals surface area contributed by atoms with Crippen LogP contribution in [0.15, 0.2) is 60.8 Å². The third kappa shape index (κ3) is 6.31. The molecule has 3 aromatic carbocycles. The fraction of sp³-hybridized carbons (Fsp3) is 0.350. The number of fused-ring (bicyclic) bond motifs is 6. The topological polar surface area (TPSA) is 175 Å². The van der Waals surface area contributed by atoms with Gasteiger partial charge in [0.05, 0.1) is 49.2 Å². The number of aromatic amines is 2. The molecule has 4 amide bonds. The fourth-order valence-electron chi connectivity index (χ4n) is 8.81. The van der Waals surface area contributed by atoms with Crippen LogP contribution in [0.25, 0.3) is 53.6 Å². The number of imidazole rings is 2. The normalized spacial score (nSPS) is 20.5. The highest BCUT2D eigenvalue weighted by Gasteiger charge is 2.49. The minimum Gasteiger partial charge on any atom is -0.453 e. The highest BCUT2D eigenvalue weighted by Crippen LogP contribution is 2.50. The molecule has 0 spiro atoms. The van der Waals surface area contributed by atoms with E-state index in [9.17, 15) is 19.2 Å². The van der Waals surface area contributed by atoms with Crippen molar-refractivity contribution in [2.45, 2.75) is 50.2 Å². The number of likely N-dealkylation sites (tertiary alicyclic amines) is 2. The molecule has 14 nitrogen and oxygen atoms in total. The minimum absolute atomic E-state index is 0.106. The largest absolute Gasteiger partial charge is 0.453 e. The molecular weight excluding hydrogens is 721 g/mol. The van der Waals surface area contributed by atoms with Gasteiger partial charge in [-0.25, -0.2) is 19.6 Å². The lowest BCUT2D eigenvalue weighted by atomic mass is 9.98. The molecule has 1 unspecified atom stereocenters. The second-order valence-electron chi connectivity index (χ2n) is 14.5. The lowest BCUT2D eigenvalue weighted by molar-refractivity contribution is -0.135. The van der Waals surface area contributed by atoms with E-state index in [1.807, 2.05) is 17.2 Å². The second kappa shape index (κ2) is 14.0. The summed E-state index contributed by atoms with van der Waals surface area (Å²) in [4.78, 5) is 69.6. The summed E-state index contributed by atoms with van der Waals surface area (Å²) in [6.07, 6.45) is 5.17. The number of amides is 4. The monoisotopic (exact) mass is 760 g/mol. The number of hydrogen-bond donors (Lipinski definition) is 4. The van der Waals surface area contributed by atoms with Gasteiger partial charge in [0.25, 0.3) is 0 Å². The van der Waals surface area contributed by atoms with Gasteiger partial charge in [0.15, 0.2) is 0 Å². The van der Waals surface area contributed by atoms with Gasteiger partial charge in [-0.1, -0.05) is 30.3 Å². The first-order chi connectivity index (χ1) is 26.8. The summed E-state index contributed by atoms with van der Waals surface area (Å²) >= 11 is 1.74. The molecule has 2 aliphatic heterocycles. The van der Waals surface area contributed by atoms with Crippen LogP contribution < -0.4 is 10.6 Å². The van der Waals surface area contributed by atoms with E-state index in [0.717, 1.165) is 81.9 Å². The van der Waals surface area contributed by atoms with Crippen molar-refractivity contribution in [3.63, 3.8) is 0 Å². The van der Waals surface area contributed by atoms with E-state index in [1.54, 1.807) is 16.2 Å². The molecule has 0 radical (unpaired) electrons. The number of carbonyl (C=O) groups excluding carboxylic acids is 4. The Morgan fingerprint density at radius 2 is 1.51 bits per heavy atom. The Kier molecular flexibility index (Phi) is 8.87. The Labute approximate surface area is 319 Å². The second-order valence-corrected chi connectivity index (χ2v) is 15.6. The Hall–Kier alpha value is -5.96. The number of benzene rings is 3. The van der Waals surface area contributed by atoms with E-state index < -0.39 is 12.2 Å². The molecule has 4 N–H and O–H groups in total. The maximum Gasteiger partial charge on any atom is 0.407 e. The predicted molar refractivity (Wildman–Crippen MR) is 207 cm³/mol. The molecule has 2 saturated heterocycles. The number of methoxy groups -OCH3 is 2. The molecule has 3 aromatic heterocycles. The standard InChI is InChI=1S/C40H40N8O6S/c1-53-39(51)42-19-34(49)47-13-3-4-31(47)37-41-18-30(46-37)23-7-11-27-26-10-6-22(16-32(26)55-33(27)17-23)21-8-12-28-29(15-21)45-38(44-28)36-24-5-9-25(14-24)48(36)35(50)20-43-40(52)54-2/h6-8,10-12,15-18,24-25,31,36H,3-5,9,13-14,19-20H2,1-2H3,(H,41,46)(H,42,51)(H,43,52)(H,44,45)/t24-,25+,31?,36-/m0/s1. The number of nitrogens with one attached hydrogen (secondary N) is 4. The average Bonchev–Trinajstić information content (AvgIpc) is 4.07. The molecule has 15 heteroatoms. The Balaban J connectivity index is 0.943. The van der Waals surface area contributed by atoms with Crippen LogP contribution in [0.1, 0.15) is 55.8 Å². The van der Waals surface area contributed by atoms with Crippen LogP contribution >= 0.6 is 11.3 Å². The van der Waals surface area contributed by atoms with Gasteiger partial charge in [-0.3, -0.25) is 9.59 Å². The molecule has 6 aromatic rings. The molecule has 3 aliphatic rings. The summed E-state index contributed by atoms with van der Waals surface area (Å²) in [5.41, 5.74) is 5.82. The lowest BCUT2D eigenvalue weighted by Crippen LogP contribution is -2.45. The number of piperidine rings is 1. The maximum absolute atomic E-state index is 13.3. The molecule has 282 valence electrons. The van der Waals surface area contributed by atoms with Gasteiger partial charge in [0.2, 0.25) is 11.8 Å². The van der Waals surface area contributed by atoms with Crippen LogP contribution in [0, 0.1) is 5.92 Å². The zero-order valence-electron chi connectivity index (χ0n) is 30.4. The number of ether oxygens (including phenoxy) is 2. The quantitative estimate of drug-likeness (QED) is 0.138. The smallest absolute Gasteiger partial charge is 0.407 e. The summed E-state index contributed by atoms with van der Waals surface area (Å²) in [5.74, 6) is 1.55. The molecule has 1 saturated carbocycles. The van der Waals surface area contributed by atoms with Crippen LogP contribution in [-0.2, 0) is 19.1 Å². The molecule has 4 atom stereocenters. The summed E-state index contributed by atoms with van der Waals surface area (Å²) in [5, 5.41) is 7.38. The predicted octanol–water partition coefficient (Wildman–Crippen LogP) is 6.42. The number of thiophene rings is 1. The van der Waals surface area contributed by atoms with Gasteiger partial charge in [0.1, 0.15) is 24.7 Å². The van der Waals surface area contributed by atoms with E-state index in [4.69, 9.17) is 4.98 Å². The van der Waals surface area contributed by atoms with Gasteiger partial charge in [-0.2, -0.15) is 0 Å². The first kappa shape index (κ1) is 34.8. The molecule has 2 bridgehead atoms. The fourth-order valence-corrected chi connectivity index (χ4v) is 9.99. The third-order valence-corrected chi connectivity index (χ3v) is 12.5. The number of rotatable bonds is 8. The van der Waals surface area contributed by atoms with Gasteiger partial charge in [-0.05, 0) is 73.4 Å².